The van der Waals surface area contributed by atoms with E-state index in [9.17, 15) is 0 Å². The maximum absolute atomic E-state index is 6.01. The second kappa shape index (κ2) is 4.74. The van der Waals surface area contributed by atoms with E-state index < -0.39 is 0 Å². The van der Waals surface area contributed by atoms with Gasteiger partial charge in [0, 0.05) is 15.0 Å². The highest BCUT2D eigenvalue weighted by molar-refractivity contribution is 9.10. The first-order valence-corrected chi connectivity index (χ1v) is 7.31. The van der Waals surface area contributed by atoms with E-state index in [0.717, 1.165) is 16.7 Å². The fourth-order valence-corrected chi connectivity index (χ4v) is 3.18. The highest BCUT2D eigenvalue weighted by Crippen LogP contribution is 2.33. The first-order chi connectivity index (χ1) is 8.75. The highest BCUT2D eigenvalue weighted by atomic mass is 79.9. The molecule has 2 heterocycles. The average Bonchev–Trinajstić information content (AvgIpc) is 2.99. The second-order valence-electron chi connectivity index (χ2n) is 4.08. The third-order valence-electron chi connectivity index (χ3n) is 2.96. The molecule has 1 aromatic carbocycles. The monoisotopic (exact) mass is 321 g/mol. The van der Waals surface area contributed by atoms with E-state index in [4.69, 9.17) is 5.73 Å². The topological polar surface area (TPSA) is 41.6 Å². The standard InChI is InChI=1S/C13H12BrN3S/c14-9-3-5-10(6-4-9)17-11(8-16-13(17)15)12-2-1-7-18-12/h1-7,11H,8H2,(H2,15,16). The van der Waals surface area contributed by atoms with E-state index in [1.807, 2.05) is 12.1 Å². The van der Waals surface area contributed by atoms with Crippen molar-refractivity contribution >= 4 is 38.9 Å². The summed E-state index contributed by atoms with van der Waals surface area (Å²) in [7, 11) is 0. The van der Waals surface area contributed by atoms with E-state index in [2.05, 4.69) is 55.5 Å². The lowest BCUT2D eigenvalue weighted by Crippen LogP contribution is -2.35. The van der Waals surface area contributed by atoms with Crippen LogP contribution in [-0.2, 0) is 0 Å². The SMILES string of the molecule is NC1=NCC(c2cccs2)N1c1ccc(Br)cc1. The molecule has 1 atom stereocenters. The molecule has 1 unspecified atom stereocenters. The number of hydrogen-bond acceptors (Lipinski definition) is 4. The fourth-order valence-electron chi connectivity index (χ4n) is 2.11. The van der Waals surface area contributed by atoms with E-state index in [0.29, 0.717) is 5.96 Å². The predicted octanol–water partition coefficient (Wildman–Crippen LogP) is 3.39. The minimum Gasteiger partial charge on any atom is -0.369 e. The van der Waals surface area contributed by atoms with Crippen LogP contribution in [0.2, 0.25) is 0 Å². The van der Waals surface area contributed by atoms with Gasteiger partial charge in [0.2, 0.25) is 0 Å². The van der Waals surface area contributed by atoms with Crippen molar-refractivity contribution in [2.45, 2.75) is 6.04 Å². The summed E-state index contributed by atoms with van der Waals surface area (Å²) >= 11 is 5.19. The third kappa shape index (κ3) is 2.04. The Hall–Kier alpha value is -1.33. The molecule has 2 aromatic rings. The molecule has 18 heavy (non-hydrogen) atoms. The minimum atomic E-state index is 0.228. The molecule has 3 nitrogen and oxygen atoms in total. The van der Waals surface area contributed by atoms with Crippen LogP contribution >= 0.6 is 27.3 Å². The molecule has 0 bridgehead atoms. The Balaban J connectivity index is 1.97. The maximum Gasteiger partial charge on any atom is 0.196 e. The van der Waals surface area contributed by atoms with Crippen LogP contribution in [0.1, 0.15) is 10.9 Å². The van der Waals surface area contributed by atoms with Crippen molar-refractivity contribution in [1.29, 1.82) is 0 Å². The molecular formula is C13H12BrN3S. The molecular weight excluding hydrogens is 310 g/mol. The number of aliphatic imine (C=N–C) groups is 1. The van der Waals surface area contributed by atoms with Gasteiger partial charge in [-0.3, -0.25) is 4.99 Å². The summed E-state index contributed by atoms with van der Waals surface area (Å²) in [5, 5.41) is 2.09. The van der Waals surface area contributed by atoms with Gasteiger partial charge in [0.1, 0.15) is 0 Å². The van der Waals surface area contributed by atoms with Gasteiger partial charge < -0.3 is 10.6 Å². The van der Waals surface area contributed by atoms with Crippen LogP contribution in [0.3, 0.4) is 0 Å². The molecule has 1 aliphatic rings. The van der Waals surface area contributed by atoms with Crippen LogP contribution < -0.4 is 10.6 Å². The Kier molecular flexibility index (Phi) is 3.09. The van der Waals surface area contributed by atoms with Crippen molar-refractivity contribution in [2.24, 2.45) is 10.7 Å². The lowest BCUT2D eigenvalue weighted by Gasteiger charge is -2.25. The van der Waals surface area contributed by atoms with Crippen LogP contribution in [0.15, 0.2) is 51.2 Å². The van der Waals surface area contributed by atoms with E-state index in [1.165, 1.54) is 4.88 Å². The van der Waals surface area contributed by atoms with Crippen LogP contribution in [0.25, 0.3) is 0 Å². The predicted molar refractivity (Wildman–Crippen MR) is 80.2 cm³/mol. The zero-order chi connectivity index (χ0) is 12.5. The first-order valence-electron chi connectivity index (χ1n) is 5.64. The largest absolute Gasteiger partial charge is 0.369 e. The van der Waals surface area contributed by atoms with Crippen molar-refractivity contribution in [2.75, 3.05) is 11.4 Å². The van der Waals surface area contributed by atoms with Crippen molar-refractivity contribution in [1.82, 2.24) is 0 Å². The number of nitrogens with two attached hydrogens (primary N) is 1. The molecule has 0 saturated carbocycles. The van der Waals surface area contributed by atoms with Crippen LogP contribution in [0, 0.1) is 0 Å². The Morgan fingerprint density at radius 3 is 2.72 bits per heavy atom. The molecule has 1 aromatic heterocycles. The number of guanidine groups is 1. The lowest BCUT2D eigenvalue weighted by atomic mass is 10.2. The normalized spacial score (nSPS) is 19.1. The molecule has 5 heteroatoms. The number of thiophene rings is 1. The number of rotatable bonds is 2. The van der Waals surface area contributed by atoms with Gasteiger partial charge in [0.05, 0.1) is 12.6 Å². The number of halogens is 1. The average molecular weight is 322 g/mol. The van der Waals surface area contributed by atoms with Crippen molar-refractivity contribution in [3.05, 3.63) is 51.1 Å². The van der Waals surface area contributed by atoms with E-state index in [-0.39, 0.29) is 6.04 Å². The first kappa shape index (κ1) is 11.7. The molecule has 0 saturated heterocycles. The van der Waals surface area contributed by atoms with E-state index in [1.54, 1.807) is 11.3 Å². The Morgan fingerprint density at radius 2 is 2.06 bits per heavy atom. The summed E-state index contributed by atoms with van der Waals surface area (Å²) in [6.07, 6.45) is 0. The van der Waals surface area contributed by atoms with Gasteiger partial charge in [-0.25, -0.2) is 0 Å². The van der Waals surface area contributed by atoms with Crippen molar-refractivity contribution in [3.8, 4) is 0 Å². The molecule has 3 rings (SSSR count). The third-order valence-corrected chi connectivity index (χ3v) is 4.46. The van der Waals surface area contributed by atoms with Crippen molar-refractivity contribution < 1.29 is 0 Å². The molecule has 1 aliphatic heterocycles. The van der Waals surface area contributed by atoms with Gasteiger partial charge in [-0.05, 0) is 35.7 Å². The van der Waals surface area contributed by atoms with Gasteiger partial charge >= 0.3 is 0 Å². The Labute approximate surface area is 118 Å². The zero-order valence-electron chi connectivity index (χ0n) is 9.58. The summed E-state index contributed by atoms with van der Waals surface area (Å²) in [6.45, 7) is 0.725. The van der Waals surface area contributed by atoms with Gasteiger partial charge in [0.25, 0.3) is 0 Å². The van der Waals surface area contributed by atoms with Crippen LogP contribution in [0.4, 0.5) is 5.69 Å². The van der Waals surface area contributed by atoms with Crippen LogP contribution in [-0.4, -0.2) is 12.5 Å². The number of benzene rings is 1. The summed E-state index contributed by atoms with van der Waals surface area (Å²) in [6, 6.07) is 12.6. The molecule has 0 aliphatic carbocycles. The molecule has 0 spiro atoms. The molecule has 2 N–H and O–H groups in total. The summed E-state index contributed by atoms with van der Waals surface area (Å²) in [5.74, 6) is 0.593. The maximum atomic E-state index is 6.01. The number of anilines is 1. The fraction of sp³-hybridized carbons (Fsp3) is 0.154. The van der Waals surface area contributed by atoms with Crippen LogP contribution in [0.5, 0.6) is 0 Å². The number of hydrogen-bond donors (Lipinski definition) is 1. The Bertz CT molecular complexity index is 562. The smallest absolute Gasteiger partial charge is 0.196 e. The summed E-state index contributed by atoms with van der Waals surface area (Å²) in [5.41, 5.74) is 7.09. The van der Waals surface area contributed by atoms with Gasteiger partial charge in [-0.2, -0.15) is 0 Å². The molecule has 0 radical (unpaired) electrons. The second-order valence-corrected chi connectivity index (χ2v) is 5.97. The minimum absolute atomic E-state index is 0.228. The highest BCUT2D eigenvalue weighted by Gasteiger charge is 2.29. The van der Waals surface area contributed by atoms with E-state index >= 15 is 0 Å². The van der Waals surface area contributed by atoms with Gasteiger partial charge in [-0.1, -0.05) is 22.0 Å². The Morgan fingerprint density at radius 1 is 1.28 bits per heavy atom. The molecule has 0 amide bonds. The molecule has 0 fully saturated rings. The zero-order valence-corrected chi connectivity index (χ0v) is 12.0. The van der Waals surface area contributed by atoms with Gasteiger partial charge in [0.15, 0.2) is 5.96 Å². The quantitative estimate of drug-likeness (QED) is 0.921. The summed E-state index contributed by atoms with van der Waals surface area (Å²) in [4.78, 5) is 7.76. The lowest BCUT2D eigenvalue weighted by molar-refractivity contribution is 0.784. The molecule has 92 valence electrons. The van der Waals surface area contributed by atoms with Gasteiger partial charge in [-0.15, -0.1) is 11.3 Å². The van der Waals surface area contributed by atoms with Crippen molar-refractivity contribution in [3.63, 3.8) is 0 Å². The summed E-state index contributed by atoms with van der Waals surface area (Å²) < 4.78 is 1.06. The number of nitrogens with zero attached hydrogens (tertiary/aromatic N) is 2.